The van der Waals surface area contributed by atoms with E-state index in [-0.39, 0.29) is 12.1 Å². The highest BCUT2D eigenvalue weighted by Gasteiger charge is 2.18. The van der Waals surface area contributed by atoms with Crippen LogP contribution in [0, 0.1) is 6.92 Å². The normalized spacial score (nSPS) is 17.2. The van der Waals surface area contributed by atoms with E-state index in [2.05, 4.69) is 44.2 Å². The van der Waals surface area contributed by atoms with E-state index in [4.69, 9.17) is 4.74 Å². The van der Waals surface area contributed by atoms with Crippen LogP contribution in [0.4, 0.5) is 0 Å². The summed E-state index contributed by atoms with van der Waals surface area (Å²) in [6.45, 7) is 4.38. The molecule has 0 unspecified atom stereocenters. The number of unbranched alkanes of at least 4 members (excludes halogenated alkanes) is 6. The molecule has 0 fully saturated rings. The van der Waals surface area contributed by atoms with Crippen molar-refractivity contribution in [2.75, 3.05) is 0 Å². The summed E-state index contributed by atoms with van der Waals surface area (Å²) in [6, 6.07) is 8.47. The third-order valence-corrected chi connectivity index (χ3v) is 5.08. The van der Waals surface area contributed by atoms with Crippen LogP contribution in [0.1, 0.15) is 88.7 Å². The second-order valence-electron chi connectivity index (χ2n) is 7.30. The van der Waals surface area contributed by atoms with Gasteiger partial charge >= 0.3 is 5.97 Å². The molecule has 1 aliphatic rings. The van der Waals surface area contributed by atoms with Gasteiger partial charge in [-0.3, -0.25) is 4.79 Å². The molecule has 0 spiro atoms. The minimum atomic E-state index is -0.0413. The van der Waals surface area contributed by atoms with Crippen LogP contribution in [0.3, 0.4) is 0 Å². The highest BCUT2D eigenvalue weighted by atomic mass is 16.5. The maximum Gasteiger partial charge on any atom is 0.306 e. The molecule has 0 heterocycles. The standard InChI is InChI=1S/C23H34O2/c1-3-4-5-6-7-8-9-17-23(24)25-21-15-12-14-20(18-21)22-16-11-10-13-19(22)2/h10-11,13,16,18,21H,3-9,12,14-15,17H2,1-2H3/t21-/m1/s1. The summed E-state index contributed by atoms with van der Waals surface area (Å²) >= 11 is 0. The minimum Gasteiger partial charge on any atom is -0.458 e. The molecule has 138 valence electrons. The molecule has 0 amide bonds. The van der Waals surface area contributed by atoms with Crippen LogP contribution in [0.25, 0.3) is 5.57 Å². The summed E-state index contributed by atoms with van der Waals surface area (Å²) in [5.74, 6) is -0.0270. The van der Waals surface area contributed by atoms with E-state index in [1.54, 1.807) is 0 Å². The van der Waals surface area contributed by atoms with Gasteiger partial charge in [-0.1, -0.05) is 69.7 Å². The lowest BCUT2D eigenvalue weighted by Crippen LogP contribution is -2.19. The molecule has 1 aromatic rings. The Labute approximate surface area is 153 Å². The van der Waals surface area contributed by atoms with Gasteiger partial charge in [-0.2, -0.15) is 0 Å². The molecule has 0 saturated heterocycles. The first-order chi connectivity index (χ1) is 12.2. The van der Waals surface area contributed by atoms with Crippen LogP contribution < -0.4 is 0 Å². The predicted molar refractivity (Wildman–Crippen MR) is 105 cm³/mol. The monoisotopic (exact) mass is 342 g/mol. The largest absolute Gasteiger partial charge is 0.458 e. The number of esters is 1. The van der Waals surface area contributed by atoms with Gasteiger partial charge in [-0.25, -0.2) is 0 Å². The van der Waals surface area contributed by atoms with Gasteiger partial charge in [0.2, 0.25) is 0 Å². The topological polar surface area (TPSA) is 26.3 Å². The van der Waals surface area contributed by atoms with Crippen LogP contribution in [-0.4, -0.2) is 12.1 Å². The third-order valence-electron chi connectivity index (χ3n) is 5.08. The van der Waals surface area contributed by atoms with Gasteiger partial charge in [-0.15, -0.1) is 0 Å². The first-order valence-corrected chi connectivity index (χ1v) is 10.2. The van der Waals surface area contributed by atoms with Gasteiger partial charge in [0.05, 0.1) is 0 Å². The van der Waals surface area contributed by atoms with Crippen molar-refractivity contribution in [2.24, 2.45) is 0 Å². The lowest BCUT2D eigenvalue weighted by molar-refractivity contribution is -0.147. The molecular formula is C23H34O2. The van der Waals surface area contributed by atoms with Crippen molar-refractivity contribution >= 4 is 11.5 Å². The Morgan fingerprint density at radius 3 is 2.56 bits per heavy atom. The maximum absolute atomic E-state index is 12.1. The highest BCUT2D eigenvalue weighted by Crippen LogP contribution is 2.30. The fraction of sp³-hybridized carbons (Fsp3) is 0.609. The first kappa shape index (κ1) is 19.8. The Kier molecular flexibility index (Phi) is 8.79. The molecule has 0 saturated carbocycles. The van der Waals surface area contributed by atoms with Gasteiger partial charge in [0.1, 0.15) is 6.10 Å². The lowest BCUT2D eigenvalue weighted by atomic mass is 9.90. The molecule has 0 radical (unpaired) electrons. The van der Waals surface area contributed by atoms with E-state index in [1.165, 1.54) is 48.8 Å². The molecule has 1 aliphatic carbocycles. The van der Waals surface area contributed by atoms with Crippen molar-refractivity contribution in [3.05, 3.63) is 41.5 Å². The fourth-order valence-electron chi connectivity index (χ4n) is 3.59. The van der Waals surface area contributed by atoms with Crippen LogP contribution in [0.15, 0.2) is 30.3 Å². The second-order valence-corrected chi connectivity index (χ2v) is 7.30. The van der Waals surface area contributed by atoms with E-state index in [0.29, 0.717) is 6.42 Å². The molecule has 0 N–H and O–H groups in total. The summed E-state index contributed by atoms with van der Waals surface area (Å²) in [7, 11) is 0. The zero-order valence-corrected chi connectivity index (χ0v) is 16.1. The summed E-state index contributed by atoms with van der Waals surface area (Å²) in [5, 5.41) is 0. The molecule has 2 nitrogen and oxygen atoms in total. The molecule has 0 aliphatic heterocycles. The van der Waals surface area contributed by atoms with Crippen molar-refractivity contribution in [3.63, 3.8) is 0 Å². The van der Waals surface area contributed by atoms with Crippen molar-refractivity contribution in [3.8, 4) is 0 Å². The maximum atomic E-state index is 12.1. The van der Waals surface area contributed by atoms with Gasteiger partial charge in [0.25, 0.3) is 0 Å². The van der Waals surface area contributed by atoms with E-state index < -0.39 is 0 Å². The number of benzene rings is 1. The zero-order chi connectivity index (χ0) is 17.9. The van der Waals surface area contributed by atoms with Crippen molar-refractivity contribution in [1.29, 1.82) is 0 Å². The van der Waals surface area contributed by atoms with Crippen molar-refractivity contribution in [1.82, 2.24) is 0 Å². The van der Waals surface area contributed by atoms with Crippen molar-refractivity contribution in [2.45, 2.75) is 90.6 Å². The summed E-state index contributed by atoms with van der Waals surface area (Å²) in [4.78, 5) is 12.1. The van der Waals surface area contributed by atoms with Crippen molar-refractivity contribution < 1.29 is 9.53 Å². The summed E-state index contributed by atoms with van der Waals surface area (Å²) < 4.78 is 5.71. The Morgan fingerprint density at radius 2 is 1.80 bits per heavy atom. The number of carbonyl (C=O) groups is 1. The molecule has 1 atom stereocenters. The first-order valence-electron chi connectivity index (χ1n) is 10.2. The van der Waals surface area contributed by atoms with Crippen LogP contribution in [0.5, 0.6) is 0 Å². The molecule has 2 rings (SSSR count). The number of rotatable bonds is 10. The molecule has 1 aromatic carbocycles. The fourth-order valence-corrected chi connectivity index (χ4v) is 3.59. The SMILES string of the molecule is CCCCCCCCCC(=O)O[C@H]1C=C(c2ccccc2C)CCC1. The van der Waals surface area contributed by atoms with Gasteiger partial charge in [-0.05, 0) is 55.4 Å². The van der Waals surface area contributed by atoms with Crippen LogP contribution in [-0.2, 0) is 9.53 Å². The Morgan fingerprint density at radius 1 is 1.08 bits per heavy atom. The molecule has 0 bridgehead atoms. The summed E-state index contributed by atoms with van der Waals surface area (Å²) in [6.07, 6.45) is 14.4. The van der Waals surface area contributed by atoms with E-state index in [9.17, 15) is 4.79 Å². The Hall–Kier alpha value is -1.57. The Bertz CT molecular complexity index is 559. The number of carbonyl (C=O) groups excluding carboxylic acids is 1. The van der Waals surface area contributed by atoms with Gasteiger partial charge < -0.3 is 4.74 Å². The van der Waals surface area contributed by atoms with E-state index >= 15 is 0 Å². The van der Waals surface area contributed by atoms with Crippen LogP contribution >= 0.6 is 0 Å². The average Bonchev–Trinajstić information content (AvgIpc) is 2.61. The molecular weight excluding hydrogens is 308 g/mol. The van der Waals surface area contributed by atoms with E-state index in [1.807, 2.05) is 0 Å². The zero-order valence-electron chi connectivity index (χ0n) is 16.1. The number of ether oxygens (including phenoxy) is 1. The lowest BCUT2D eigenvalue weighted by Gasteiger charge is -2.22. The number of hydrogen-bond acceptors (Lipinski definition) is 2. The number of allylic oxidation sites excluding steroid dienone is 1. The minimum absolute atomic E-state index is 0.0270. The number of aryl methyl sites for hydroxylation is 1. The van der Waals surface area contributed by atoms with E-state index in [0.717, 1.165) is 32.1 Å². The van der Waals surface area contributed by atoms with Gasteiger partial charge in [0.15, 0.2) is 0 Å². The van der Waals surface area contributed by atoms with Gasteiger partial charge in [0, 0.05) is 6.42 Å². The third kappa shape index (κ3) is 7.05. The molecule has 0 aromatic heterocycles. The predicted octanol–water partition coefficient (Wildman–Crippen LogP) is 6.61. The smallest absolute Gasteiger partial charge is 0.306 e. The average molecular weight is 343 g/mol. The number of hydrogen-bond donors (Lipinski definition) is 0. The molecule has 25 heavy (non-hydrogen) atoms. The molecule has 2 heteroatoms. The van der Waals surface area contributed by atoms with Crippen LogP contribution in [0.2, 0.25) is 0 Å². The Balaban J connectivity index is 1.73. The summed E-state index contributed by atoms with van der Waals surface area (Å²) in [5.41, 5.74) is 3.93. The highest BCUT2D eigenvalue weighted by molar-refractivity contribution is 5.72. The second kappa shape index (κ2) is 11.1. The quantitative estimate of drug-likeness (QED) is 0.353.